The van der Waals surface area contributed by atoms with Gasteiger partial charge < -0.3 is 20.1 Å². The second-order valence-corrected chi connectivity index (χ2v) is 9.20. The lowest BCUT2D eigenvalue weighted by atomic mass is 10.0. The van der Waals surface area contributed by atoms with Gasteiger partial charge in [0.2, 0.25) is 5.91 Å². The van der Waals surface area contributed by atoms with Crippen molar-refractivity contribution in [3.05, 3.63) is 75.5 Å². The first-order valence-electron chi connectivity index (χ1n) is 11.8. The molecule has 2 N–H and O–H groups in total. The van der Waals surface area contributed by atoms with Crippen molar-refractivity contribution in [3.8, 4) is 0 Å². The minimum absolute atomic E-state index is 0.213. The molecule has 9 nitrogen and oxygen atoms in total. The van der Waals surface area contributed by atoms with Gasteiger partial charge in [-0.1, -0.05) is 26.0 Å². The van der Waals surface area contributed by atoms with Gasteiger partial charge in [0, 0.05) is 31.7 Å². The molecule has 1 fully saturated rings. The molecule has 4 rings (SSSR count). The van der Waals surface area contributed by atoms with E-state index in [1.807, 2.05) is 0 Å². The van der Waals surface area contributed by atoms with E-state index in [0.717, 1.165) is 0 Å². The molecule has 0 aliphatic carbocycles. The second-order valence-electron chi connectivity index (χ2n) is 9.20. The van der Waals surface area contributed by atoms with Crippen molar-refractivity contribution in [3.63, 3.8) is 0 Å². The molecule has 36 heavy (non-hydrogen) atoms. The Morgan fingerprint density at radius 3 is 2.36 bits per heavy atom. The van der Waals surface area contributed by atoms with Crippen LogP contribution in [0, 0.1) is 18.7 Å². The van der Waals surface area contributed by atoms with E-state index in [-0.39, 0.29) is 23.4 Å². The van der Waals surface area contributed by atoms with Crippen LogP contribution in [0.5, 0.6) is 0 Å². The summed E-state index contributed by atoms with van der Waals surface area (Å²) in [6.45, 7) is 6.49. The maximum atomic E-state index is 13.4. The molecule has 2 heterocycles. The first-order valence-corrected chi connectivity index (χ1v) is 11.8. The molecule has 3 aromatic rings. The van der Waals surface area contributed by atoms with Crippen LogP contribution >= 0.6 is 0 Å². The standard InChI is InChI=1S/C26H28FN5O4/c1-15(2)21(30-24(34)22-23(33)29-20-7-5-4-6-19(20)28-22)26(36)32-12-10-31(11-13-32)25(35)18-9-8-17(27)14-16(18)3/h4-9,14-15,21H,10-13H2,1-3H3,(H,29,33)(H,30,34)/t21-/m0/s1. The van der Waals surface area contributed by atoms with Gasteiger partial charge in [0.25, 0.3) is 17.4 Å². The summed E-state index contributed by atoms with van der Waals surface area (Å²) in [6, 6.07) is 10.0. The van der Waals surface area contributed by atoms with E-state index in [1.54, 1.807) is 54.8 Å². The lowest BCUT2D eigenvalue weighted by Gasteiger charge is -2.37. The summed E-state index contributed by atoms with van der Waals surface area (Å²) in [5.41, 5.74) is 1.02. The highest BCUT2D eigenvalue weighted by Gasteiger charge is 2.33. The quantitative estimate of drug-likeness (QED) is 0.565. The molecule has 188 valence electrons. The number of piperazine rings is 1. The fourth-order valence-corrected chi connectivity index (χ4v) is 4.27. The number of nitrogens with zero attached hydrogens (tertiary/aromatic N) is 3. The average molecular weight is 494 g/mol. The molecule has 1 aliphatic heterocycles. The van der Waals surface area contributed by atoms with E-state index >= 15 is 0 Å². The predicted octanol–water partition coefficient (Wildman–Crippen LogP) is 2.11. The highest BCUT2D eigenvalue weighted by atomic mass is 19.1. The van der Waals surface area contributed by atoms with E-state index in [9.17, 15) is 23.6 Å². The zero-order valence-electron chi connectivity index (χ0n) is 20.4. The highest BCUT2D eigenvalue weighted by Crippen LogP contribution is 2.16. The lowest BCUT2D eigenvalue weighted by molar-refractivity contribution is -0.135. The Balaban J connectivity index is 1.43. The molecule has 0 spiro atoms. The number of rotatable bonds is 5. The molecule has 0 bridgehead atoms. The molecule has 1 aromatic heterocycles. The van der Waals surface area contributed by atoms with Crippen LogP contribution < -0.4 is 10.9 Å². The number of aromatic amines is 1. The van der Waals surface area contributed by atoms with E-state index in [1.165, 1.54) is 18.2 Å². The number of aromatic nitrogens is 2. The normalized spacial score (nSPS) is 14.7. The molecule has 0 radical (unpaired) electrons. The van der Waals surface area contributed by atoms with Crippen molar-refractivity contribution in [2.24, 2.45) is 5.92 Å². The van der Waals surface area contributed by atoms with E-state index in [0.29, 0.717) is 48.3 Å². The third kappa shape index (κ3) is 5.12. The first-order chi connectivity index (χ1) is 17.2. The fraction of sp³-hybridized carbons (Fsp3) is 0.346. The van der Waals surface area contributed by atoms with Gasteiger partial charge in [0.1, 0.15) is 11.9 Å². The Labute approximate surface area is 207 Å². The van der Waals surface area contributed by atoms with E-state index in [2.05, 4.69) is 15.3 Å². The predicted molar refractivity (Wildman–Crippen MR) is 132 cm³/mol. The summed E-state index contributed by atoms with van der Waals surface area (Å²) in [5, 5.41) is 2.68. The Morgan fingerprint density at radius 2 is 1.69 bits per heavy atom. The molecule has 10 heteroatoms. The van der Waals surface area contributed by atoms with Crippen LogP contribution in [0.1, 0.15) is 40.3 Å². The molecule has 2 aromatic carbocycles. The van der Waals surface area contributed by atoms with Gasteiger partial charge in [-0.2, -0.15) is 0 Å². The van der Waals surface area contributed by atoms with Crippen LogP contribution in [-0.4, -0.2) is 69.7 Å². The SMILES string of the molecule is Cc1cc(F)ccc1C(=O)N1CCN(C(=O)[C@@H](NC(=O)c2nc3ccccc3[nH]c2=O)C(C)C)CC1. The number of carbonyl (C=O) groups excluding carboxylic acids is 3. The van der Waals surface area contributed by atoms with Crippen LogP contribution in [-0.2, 0) is 4.79 Å². The molecule has 1 atom stereocenters. The monoisotopic (exact) mass is 493 g/mol. The third-order valence-electron chi connectivity index (χ3n) is 6.33. The van der Waals surface area contributed by atoms with Crippen molar-refractivity contribution in [1.29, 1.82) is 0 Å². The number of hydrogen-bond acceptors (Lipinski definition) is 5. The highest BCUT2D eigenvalue weighted by molar-refractivity contribution is 5.97. The Morgan fingerprint density at radius 1 is 1.03 bits per heavy atom. The van der Waals surface area contributed by atoms with Crippen LogP contribution in [0.25, 0.3) is 11.0 Å². The zero-order chi connectivity index (χ0) is 26.0. The smallest absolute Gasteiger partial charge is 0.280 e. The summed E-state index contributed by atoms with van der Waals surface area (Å²) < 4.78 is 13.4. The number of aryl methyl sites for hydroxylation is 1. The first kappa shape index (κ1) is 25.0. The van der Waals surface area contributed by atoms with Crippen LogP contribution in [0.4, 0.5) is 4.39 Å². The van der Waals surface area contributed by atoms with Crippen molar-refractivity contribution >= 4 is 28.8 Å². The van der Waals surface area contributed by atoms with Gasteiger partial charge >= 0.3 is 0 Å². The maximum absolute atomic E-state index is 13.4. The number of amides is 3. The van der Waals surface area contributed by atoms with Crippen molar-refractivity contribution in [2.75, 3.05) is 26.2 Å². The second kappa shape index (κ2) is 10.3. The number of benzene rings is 2. The van der Waals surface area contributed by atoms with Gasteiger partial charge in [0.15, 0.2) is 5.69 Å². The number of nitrogens with one attached hydrogen (secondary N) is 2. The minimum atomic E-state index is -0.869. The topological polar surface area (TPSA) is 115 Å². The van der Waals surface area contributed by atoms with E-state index in [4.69, 9.17) is 0 Å². The van der Waals surface area contributed by atoms with Crippen LogP contribution in [0.3, 0.4) is 0 Å². The molecule has 0 unspecified atom stereocenters. The Hall–Kier alpha value is -4.08. The minimum Gasteiger partial charge on any atom is -0.338 e. The summed E-state index contributed by atoms with van der Waals surface area (Å²) in [6.07, 6.45) is 0. The van der Waals surface area contributed by atoms with Gasteiger partial charge in [0.05, 0.1) is 11.0 Å². The number of carbonyl (C=O) groups is 3. The number of H-pyrrole nitrogens is 1. The maximum Gasteiger partial charge on any atom is 0.280 e. The summed E-state index contributed by atoms with van der Waals surface area (Å²) in [5.74, 6) is -1.88. The lowest BCUT2D eigenvalue weighted by Crippen LogP contribution is -2.57. The number of para-hydroxylation sites is 2. The van der Waals surface area contributed by atoms with Gasteiger partial charge in [-0.15, -0.1) is 0 Å². The largest absolute Gasteiger partial charge is 0.338 e. The molecule has 1 saturated heterocycles. The summed E-state index contributed by atoms with van der Waals surface area (Å²) in [4.78, 5) is 61.6. The molecular formula is C26H28FN5O4. The Kier molecular flexibility index (Phi) is 7.14. The van der Waals surface area contributed by atoms with E-state index < -0.39 is 23.3 Å². The van der Waals surface area contributed by atoms with Gasteiger partial charge in [-0.05, 0) is 48.7 Å². The third-order valence-corrected chi connectivity index (χ3v) is 6.33. The molecular weight excluding hydrogens is 465 g/mol. The van der Waals surface area contributed by atoms with Crippen molar-refractivity contribution in [2.45, 2.75) is 26.8 Å². The number of hydrogen-bond donors (Lipinski definition) is 2. The molecule has 3 amide bonds. The zero-order valence-corrected chi connectivity index (χ0v) is 20.4. The summed E-state index contributed by atoms with van der Waals surface area (Å²) >= 11 is 0. The average Bonchev–Trinajstić information content (AvgIpc) is 2.86. The number of halogens is 1. The molecule has 1 aliphatic rings. The van der Waals surface area contributed by atoms with Crippen molar-refractivity contribution in [1.82, 2.24) is 25.1 Å². The molecule has 0 saturated carbocycles. The summed E-state index contributed by atoms with van der Waals surface area (Å²) in [7, 11) is 0. The van der Waals surface area contributed by atoms with Gasteiger partial charge in [-0.25, -0.2) is 9.37 Å². The Bertz CT molecular complexity index is 1380. The van der Waals surface area contributed by atoms with Crippen LogP contribution in [0.2, 0.25) is 0 Å². The van der Waals surface area contributed by atoms with Crippen molar-refractivity contribution < 1.29 is 18.8 Å². The van der Waals surface area contributed by atoms with Crippen LogP contribution in [0.15, 0.2) is 47.3 Å². The van der Waals surface area contributed by atoms with Gasteiger partial charge in [-0.3, -0.25) is 19.2 Å². The fourth-order valence-electron chi connectivity index (χ4n) is 4.27. The number of fused-ring (bicyclic) bond motifs is 1.